The van der Waals surface area contributed by atoms with E-state index in [-0.39, 0.29) is 6.10 Å². The van der Waals surface area contributed by atoms with Crippen LogP contribution in [0.2, 0.25) is 0 Å². The Labute approximate surface area is 104 Å². The lowest BCUT2D eigenvalue weighted by Gasteiger charge is -2.28. The number of nitrogens with zero attached hydrogens (tertiary/aromatic N) is 1. The average Bonchev–Trinajstić information content (AvgIpc) is 2.38. The van der Waals surface area contributed by atoms with E-state index < -0.39 is 0 Å². The van der Waals surface area contributed by atoms with Gasteiger partial charge >= 0.3 is 0 Å². The molecule has 0 saturated heterocycles. The van der Waals surface area contributed by atoms with Gasteiger partial charge in [-0.3, -0.25) is 4.90 Å². The zero-order valence-electron chi connectivity index (χ0n) is 10.7. The summed E-state index contributed by atoms with van der Waals surface area (Å²) in [5.41, 5.74) is 2.99. The minimum absolute atomic E-state index is 0.105. The maximum Gasteiger partial charge on any atom is 0.0538 e. The van der Waals surface area contributed by atoms with Crippen LogP contribution in [0.5, 0.6) is 0 Å². The van der Waals surface area contributed by atoms with Gasteiger partial charge in [0.25, 0.3) is 0 Å². The molecule has 17 heavy (non-hydrogen) atoms. The van der Waals surface area contributed by atoms with E-state index in [0.717, 1.165) is 32.4 Å². The second-order valence-electron chi connectivity index (χ2n) is 5.00. The number of hydrogen-bond acceptors (Lipinski definition) is 2. The summed E-state index contributed by atoms with van der Waals surface area (Å²) in [6.07, 6.45) is 3.99. The third-order valence-corrected chi connectivity index (χ3v) is 3.69. The molecule has 0 amide bonds. The Balaban J connectivity index is 1.78. The molecular formula is C15H23NO. The average molecular weight is 233 g/mol. The lowest BCUT2D eigenvalue weighted by atomic mass is 9.99. The van der Waals surface area contributed by atoms with E-state index in [1.165, 1.54) is 24.1 Å². The molecule has 2 rings (SSSR count). The van der Waals surface area contributed by atoms with Crippen molar-refractivity contribution in [2.75, 3.05) is 13.1 Å². The molecule has 0 fully saturated rings. The van der Waals surface area contributed by atoms with E-state index in [9.17, 15) is 5.11 Å². The summed E-state index contributed by atoms with van der Waals surface area (Å²) in [6.45, 7) is 5.41. The van der Waals surface area contributed by atoms with Gasteiger partial charge in [-0.1, -0.05) is 31.2 Å². The summed E-state index contributed by atoms with van der Waals surface area (Å²) >= 11 is 0. The first-order valence-corrected chi connectivity index (χ1v) is 6.76. The molecule has 0 aliphatic carbocycles. The first kappa shape index (κ1) is 12.6. The van der Waals surface area contributed by atoms with Crippen LogP contribution in [0.1, 0.15) is 37.3 Å². The smallest absolute Gasteiger partial charge is 0.0538 e. The van der Waals surface area contributed by atoms with Crippen LogP contribution in [-0.4, -0.2) is 29.2 Å². The van der Waals surface area contributed by atoms with Crippen molar-refractivity contribution in [1.29, 1.82) is 0 Å². The largest absolute Gasteiger partial charge is 0.393 e. The van der Waals surface area contributed by atoms with Crippen molar-refractivity contribution in [3.63, 3.8) is 0 Å². The van der Waals surface area contributed by atoms with Crippen LogP contribution in [0.15, 0.2) is 24.3 Å². The molecule has 1 unspecified atom stereocenters. The van der Waals surface area contributed by atoms with Gasteiger partial charge in [-0.05, 0) is 43.4 Å². The lowest BCUT2D eigenvalue weighted by Crippen LogP contribution is -2.31. The lowest BCUT2D eigenvalue weighted by molar-refractivity contribution is 0.147. The molecular weight excluding hydrogens is 210 g/mol. The van der Waals surface area contributed by atoms with E-state index in [0.29, 0.717) is 0 Å². The summed E-state index contributed by atoms with van der Waals surface area (Å²) in [7, 11) is 0. The molecule has 1 aliphatic rings. The molecule has 0 spiro atoms. The quantitative estimate of drug-likeness (QED) is 0.845. The number of aliphatic hydroxyl groups excluding tert-OH is 1. The second-order valence-corrected chi connectivity index (χ2v) is 5.00. The molecule has 2 nitrogen and oxygen atoms in total. The Hall–Kier alpha value is -0.860. The second kappa shape index (κ2) is 6.18. The Morgan fingerprint density at radius 1 is 1.29 bits per heavy atom. The van der Waals surface area contributed by atoms with Crippen LogP contribution in [0, 0.1) is 0 Å². The maximum atomic E-state index is 9.53. The van der Waals surface area contributed by atoms with Crippen LogP contribution < -0.4 is 0 Å². The standard InChI is InChI=1S/C15H23NO/c1-2-15(17)8-5-10-16-11-9-13-6-3-4-7-14(13)12-16/h3-4,6-7,15,17H,2,5,8-12H2,1H3. The van der Waals surface area contributed by atoms with Crippen molar-refractivity contribution >= 4 is 0 Å². The Kier molecular flexibility index (Phi) is 4.57. The van der Waals surface area contributed by atoms with Gasteiger partial charge in [-0.15, -0.1) is 0 Å². The van der Waals surface area contributed by atoms with Crippen molar-refractivity contribution in [2.24, 2.45) is 0 Å². The maximum absolute atomic E-state index is 9.53. The molecule has 1 N–H and O–H groups in total. The van der Waals surface area contributed by atoms with E-state index >= 15 is 0 Å². The van der Waals surface area contributed by atoms with E-state index in [1.807, 2.05) is 6.92 Å². The highest BCUT2D eigenvalue weighted by atomic mass is 16.3. The van der Waals surface area contributed by atoms with Gasteiger partial charge in [-0.25, -0.2) is 0 Å². The summed E-state index contributed by atoms with van der Waals surface area (Å²) in [5.74, 6) is 0. The number of rotatable bonds is 5. The Morgan fingerprint density at radius 2 is 2.06 bits per heavy atom. The van der Waals surface area contributed by atoms with Crippen molar-refractivity contribution in [3.05, 3.63) is 35.4 Å². The number of aliphatic hydroxyl groups is 1. The summed E-state index contributed by atoms with van der Waals surface area (Å²) in [6, 6.07) is 8.74. The van der Waals surface area contributed by atoms with Crippen molar-refractivity contribution in [3.8, 4) is 0 Å². The zero-order valence-corrected chi connectivity index (χ0v) is 10.7. The van der Waals surface area contributed by atoms with Gasteiger partial charge in [0.15, 0.2) is 0 Å². The number of fused-ring (bicyclic) bond motifs is 1. The van der Waals surface area contributed by atoms with Crippen molar-refractivity contribution in [2.45, 2.75) is 45.3 Å². The molecule has 0 bridgehead atoms. The third-order valence-electron chi connectivity index (χ3n) is 3.69. The van der Waals surface area contributed by atoms with E-state index in [2.05, 4.69) is 29.2 Å². The van der Waals surface area contributed by atoms with E-state index in [4.69, 9.17) is 0 Å². The van der Waals surface area contributed by atoms with Gasteiger partial charge in [0.1, 0.15) is 0 Å². The number of hydrogen-bond donors (Lipinski definition) is 1. The van der Waals surface area contributed by atoms with Crippen molar-refractivity contribution < 1.29 is 5.11 Å². The van der Waals surface area contributed by atoms with Crippen LogP contribution in [0.4, 0.5) is 0 Å². The van der Waals surface area contributed by atoms with Gasteiger partial charge < -0.3 is 5.11 Å². The van der Waals surface area contributed by atoms with Gasteiger partial charge in [-0.2, -0.15) is 0 Å². The molecule has 1 atom stereocenters. The molecule has 1 aromatic carbocycles. The molecule has 1 aromatic rings. The normalized spacial score (nSPS) is 17.8. The van der Waals surface area contributed by atoms with Crippen LogP contribution in [0.25, 0.3) is 0 Å². The minimum atomic E-state index is -0.105. The Bertz CT molecular complexity index is 351. The fourth-order valence-electron chi connectivity index (χ4n) is 2.50. The van der Waals surface area contributed by atoms with Gasteiger partial charge in [0.2, 0.25) is 0 Å². The van der Waals surface area contributed by atoms with Crippen LogP contribution >= 0.6 is 0 Å². The number of benzene rings is 1. The SMILES string of the molecule is CCC(O)CCCN1CCc2ccccc2C1. The minimum Gasteiger partial charge on any atom is -0.393 e. The first-order valence-electron chi connectivity index (χ1n) is 6.76. The topological polar surface area (TPSA) is 23.5 Å². The van der Waals surface area contributed by atoms with Crippen LogP contribution in [0.3, 0.4) is 0 Å². The van der Waals surface area contributed by atoms with Gasteiger partial charge in [0.05, 0.1) is 6.10 Å². The zero-order chi connectivity index (χ0) is 12.1. The summed E-state index contributed by atoms with van der Waals surface area (Å²) < 4.78 is 0. The summed E-state index contributed by atoms with van der Waals surface area (Å²) in [4.78, 5) is 2.50. The highest BCUT2D eigenvalue weighted by molar-refractivity contribution is 5.28. The fourth-order valence-corrected chi connectivity index (χ4v) is 2.50. The van der Waals surface area contributed by atoms with Crippen LogP contribution in [-0.2, 0) is 13.0 Å². The molecule has 0 radical (unpaired) electrons. The third kappa shape index (κ3) is 3.55. The van der Waals surface area contributed by atoms with E-state index in [1.54, 1.807) is 0 Å². The first-order chi connectivity index (χ1) is 8.29. The fraction of sp³-hybridized carbons (Fsp3) is 0.600. The highest BCUT2D eigenvalue weighted by Crippen LogP contribution is 2.18. The highest BCUT2D eigenvalue weighted by Gasteiger charge is 2.15. The molecule has 0 aromatic heterocycles. The van der Waals surface area contributed by atoms with Crippen molar-refractivity contribution in [1.82, 2.24) is 4.90 Å². The van der Waals surface area contributed by atoms with Gasteiger partial charge in [0, 0.05) is 13.1 Å². The molecule has 0 saturated carbocycles. The predicted molar refractivity (Wildman–Crippen MR) is 71.0 cm³/mol. The Morgan fingerprint density at radius 3 is 2.82 bits per heavy atom. The predicted octanol–water partition coefficient (Wildman–Crippen LogP) is 2.60. The molecule has 2 heteroatoms. The molecule has 94 valence electrons. The summed E-state index contributed by atoms with van der Waals surface area (Å²) in [5, 5.41) is 9.53. The molecule has 1 aliphatic heterocycles. The molecule has 1 heterocycles. The monoisotopic (exact) mass is 233 g/mol.